The van der Waals surface area contributed by atoms with Crippen molar-refractivity contribution in [2.24, 2.45) is 0 Å². The van der Waals surface area contributed by atoms with E-state index in [1.54, 1.807) is 18.2 Å². The molecule has 1 aromatic heterocycles. The molecule has 0 radical (unpaired) electrons. The van der Waals surface area contributed by atoms with Gasteiger partial charge in [0.05, 0.1) is 12.3 Å². The standard InChI is InChI=1S/C17H21N3O5S/c1-3-25-15-8-11(4-5-14(15)21)9-20-7-6-12-13(10-20)18-17(19-16(12)22)26(2,23)24/h4-5,8,21H,3,6-7,9-10H2,1-2H3,(H,18,19,22). The van der Waals surface area contributed by atoms with Crippen molar-refractivity contribution in [2.45, 2.75) is 31.6 Å². The van der Waals surface area contributed by atoms with E-state index < -0.39 is 15.4 Å². The SMILES string of the molecule is CCOc1cc(CN2CCc3c(nc(S(C)(=O)=O)[nH]c3=O)C2)ccc1O. The van der Waals surface area contributed by atoms with Gasteiger partial charge in [0.15, 0.2) is 11.5 Å². The Labute approximate surface area is 151 Å². The number of ether oxygens (including phenoxy) is 1. The summed E-state index contributed by atoms with van der Waals surface area (Å²) in [5.74, 6) is 0.516. The Bertz CT molecular complexity index is 984. The quantitative estimate of drug-likeness (QED) is 0.740. The maximum atomic E-state index is 12.1. The van der Waals surface area contributed by atoms with Crippen LogP contribution in [0.5, 0.6) is 11.5 Å². The number of aromatic amines is 1. The van der Waals surface area contributed by atoms with Crippen molar-refractivity contribution in [3.05, 3.63) is 45.4 Å². The summed E-state index contributed by atoms with van der Waals surface area (Å²) in [5, 5.41) is 9.50. The second-order valence-corrected chi connectivity index (χ2v) is 8.20. The van der Waals surface area contributed by atoms with Crippen molar-refractivity contribution in [1.29, 1.82) is 0 Å². The van der Waals surface area contributed by atoms with Gasteiger partial charge in [-0.05, 0) is 31.0 Å². The molecule has 1 aliphatic rings. The van der Waals surface area contributed by atoms with Crippen LogP contribution in [0.3, 0.4) is 0 Å². The third-order valence-corrected chi connectivity index (χ3v) is 5.11. The zero-order valence-electron chi connectivity index (χ0n) is 14.7. The Balaban J connectivity index is 1.83. The lowest BCUT2D eigenvalue weighted by atomic mass is 10.1. The molecule has 140 valence electrons. The van der Waals surface area contributed by atoms with E-state index in [1.165, 1.54) is 0 Å². The summed E-state index contributed by atoms with van der Waals surface area (Å²) in [6, 6.07) is 5.17. The third-order valence-electron chi connectivity index (χ3n) is 4.21. The van der Waals surface area contributed by atoms with Gasteiger partial charge in [0.25, 0.3) is 5.56 Å². The van der Waals surface area contributed by atoms with Gasteiger partial charge >= 0.3 is 0 Å². The highest BCUT2D eigenvalue weighted by molar-refractivity contribution is 7.90. The second-order valence-electron chi connectivity index (χ2n) is 6.26. The number of benzene rings is 1. The number of nitrogens with one attached hydrogen (secondary N) is 1. The van der Waals surface area contributed by atoms with Gasteiger partial charge in [-0.2, -0.15) is 0 Å². The average molecular weight is 379 g/mol. The van der Waals surface area contributed by atoms with Crippen LogP contribution in [-0.2, 0) is 29.3 Å². The third kappa shape index (κ3) is 3.88. The largest absolute Gasteiger partial charge is 0.504 e. The van der Waals surface area contributed by atoms with Crippen molar-refractivity contribution >= 4 is 9.84 Å². The summed E-state index contributed by atoms with van der Waals surface area (Å²) in [6.07, 6.45) is 1.52. The van der Waals surface area contributed by atoms with E-state index >= 15 is 0 Å². The van der Waals surface area contributed by atoms with E-state index in [9.17, 15) is 18.3 Å². The van der Waals surface area contributed by atoms with Gasteiger partial charge in [-0.3, -0.25) is 14.7 Å². The van der Waals surface area contributed by atoms with Gasteiger partial charge < -0.3 is 9.84 Å². The van der Waals surface area contributed by atoms with Crippen LogP contribution in [0, 0.1) is 0 Å². The van der Waals surface area contributed by atoms with Gasteiger partial charge in [0.1, 0.15) is 0 Å². The Morgan fingerprint density at radius 3 is 2.85 bits per heavy atom. The molecule has 0 aliphatic carbocycles. The summed E-state index contributed by atoms with van der Waals surface area (Å²) in [5.41, 5.74) is 1.58. The Morgan fingerprint density at radius 2 is 2.15 bits per heavy atom. The van der Waals surface area contributed by atoms with Crippen LogP contribution in [0.15, 0.2) is 28.2 Å². The molecule has 2 aromatic rings. The lowest BCUT2D eigenvalue weighted by molar-refractivity contribution is 0.238. The lowest BCUT2D eigenvalue weighted by Gasteiger charge is -2.27. The number of aromatic nitrogens is 2. The van der Waals surface area contributed by atoms with Gasteiger partial charge in [-0.1, -0.05) is 6.07 Å². The van der Waals surface area contributed by atoms with Gasteiger partial charge in [-0.25, -0.2) is 13.4 Å². The molecule has 0 saturated carbocycles. The van der Waals surface area contributed by atoms with Crippen LogP contribution < -0.4 is 10.3 Å². The van der Waals surface area contributed by atoms with Crippen molar-refractivity contribution < 1.29 is 18.3 Å². The van der Waals surface area contributed by atoms with E-state index in [-0.39, 0.29) is 10.9 Å². The van der Waals surface area contributed by atoms with E-state index in [2.05, 4.69) is 14.9 Å². The van der Waals surface area contributed by atoms with Crippen molar-refractivity contribution in [3.8, 4) is 11.5 Å². The Kier molecular flexibility index (Phi) is 5.01. The first kappa shape index (κ1) is 18.4. The number of hydrogen-bond donors (Lipinski definition) is 2. The summed E-state index contributed by atoms with van der Waals surface area (Å²) in [6.45, 7) is 3.90. The monoisotopic (exact) mass is 379 g/mol. The maximum Gasteiger partial charge on any atom is 0.255 e. The van der Waals surface area contributed by atoms with Crippen LogP contribution in [0.4, 0.5) is 0 Å². The predicted octanol–water partition coefficient (Wildman–Crippen LogP) is 0.836. The molecule has 8 nitrogen and oxygen atoms in total. The number of phenolic OH excluding ortho intramolecular Hbond substituents is 1. The highest BCUT2D eigenvalue weighted by atomic mass is 32.2. The second kappa shape index (κ2) is 7.08. The minimum Gasteiger partial charge on any atom is -0.504 e. The number of fused-ring (bicyclic) bond motifs is 1. The molecule has 0 atom stereocenters. The molecule has 0 unspecified atom stereocenters. The molecule has 3 rings (SSSR count). The van der Waals surface area contributed by atoms with Gasteiger partial charge in [0.2, 0.25) is 15.0 Å². The van der Waals surface area contributed by atoms with E-state index in [1.807, 2.05) is 6.92 Å². The number of rotatable bonds is 5. The topological polar surface area (TPSA) is 113 Å². The molecular weight excluding hydrogens is 358 g/mol. The number of phenols is 1. The van der Waals surface area contributed by atoms with Crippen molar-refractivity contribution in [3.63, 3.8) is 0 Å². The molecule has 0 bridgehead atoms. The van der Waals surface area contributed by atoms with Crippen LogP contribution in [0.2, 0.25) is 0 Å². The fourth-order valence-corrected chi connectivity index (χ4v) is 3.52. The van der Waals surface area contributed by atoms with E-state index in [0.29, 0.717) is 49.7 Å². The first-order valence-corrected chi connectivity index (χ1v) is 10.2. The summed E-state index contributed by atoms with van der Waals surface area (Å²) in [7, 11) is -3.58. The molecule has 26 heavy (non-hydrogen) atoms. The molecule has 0 spiro atoms. The normalized spacial score (nSPS) is 14.8. The van der Waals surface area contributed by atoms with Gasteiger partial charge in [-0.15, -0.1) is 0 Å². The van der Waals surface area contributed by atoms with Crippen LogP contribution in [-0.4, -0.2) is 47.8 Å². The van der Waals surface area contributed by atoms with Crippen LogP contribution >= 0.6 is 0 Å². The first-order valence-electron chi connectivity index (χ1n) is 8.27. The van der Waals surface area contributed by atoms with Gasteiger partial charge in [0, 0.05) is 31.5 Å². The molecule has 1 aliphatic heterocycles. The zero-order chi connectivity index (χ0) is 18.9. The molecule has 1 aromatic carbocycles. The van der Waals surface area contributed by atoms with Crippen LogP contribution in [0.1, 0.15) is 23.7 Å². The smallest absolute Gasteiger partial charge is 0.255 e. The molecule has 2 heterocycles. The summed E-state index contributed by atoms with van der Waals surface area (Å²) < 4.78 is 28.8. The number of sulfone groups is 1. The molecule has 2 N–H and O–H groups in total. The fraction of sp³-hybridized carbons (Fsp3) is 0.412. The number of H-pyrrole nitrogens is 1. The van der Waals surface area contributed by atoms with E-state index in [0.717, 1.165) is 11.8 Å². The zero-order valence-corrected chi connectivity index (χ0v) is 15.5. The minimum absolute atomic E-state index is 0.0885. The average Bonchev–Trinajstić information content (AvgIpc) is 2.57. The highest BCUT2D eigenvalue weighted by Gasteiger charge is 2.23. The summed E-state index contributed by atoms with van der Waals surface area (Å²) in [4.78, 5) is 20.7. The Hall–Kier alpha value is -2.39. The minimum atomic E-state index is -3.58. The lowest BCUT2D eigenvalue weighted by Crippen LogP contribution is -2.35. The maximum absolute atomic E-state index is 12.1. The molecule has 0 saturated heterocycles. The van der Waals surface area contributed by atoms with Crippen molar-refractivity contribution in [1.82, 2.24) is 14.9 Å². The molecular formula is C17H21N3O5S. The highest BCUT2D eigenvalue weighted by Crippen LogP contribution is 2.28. The summed E-state index contributed by atoms with van der Waals surface area (Å²) >= 11 is 0. The predicted molar refractivity (Wildman–Crippen MR) is 95.1 cm³/mol. The molecule has 9 heteroatoms. The fourth-order valence-electron chi connectivity index (χ4n) is 2.97. The van der Waals surface area contributed by atoms with Crippen molar-refractivity contribution in [2.75, 3.05) is 19.4 Å². The van der Waals surface area contributed by atoms with E-state index in [4.69, 9.17) is 4.74 Å². The molecule has 0 fully saturated rings. The number of nitrogens with zero attached hydrogens (tertiary/aromatic N) is 2. The van der Waals surface area contributed by atoms with Crippen LogP contribution in [0.25, 0.3) is 0 Å². The number of hydrogen-bond acceptors (Lipinski definition) is 7. The Morgan fingerprint density at radius 1 is 1.38 bits per heavy atom. The first-order chi connectivity index (χ1) is 12.3. The molecule has 0 amide bonds. The number of aromatic hydroxyl groups is 1.